The fourth-order valence-corrected chi connectivity index (χ4v) is 4.57. The van der Waals surface area contributed by atoms with E-state index < -0.39 is 36.2 Å². The van der Waals surface area contributed by atoms with Crippen molar-refractivity contribution in [3.05, 3.63) is 27.6 Å². The lowest BCUT2D eigenvalue weighted by Crippen LogP contribution is -2.61. The van der Waals surface area contributed by atoms with Gasteiger partial charge in [-0.2, -0.15) is 0 Å². The molecule has 3 N–H and O–H groups in total. The van der Waals surface area contributed by atoms with Gasteiger partial charge in [0, 0.05) is 4.88 Å². The molecule has 0 spiro atoms. The normalized spacial score (nSPS) is 21.3. The zero-order chi connectivity index (χ0) is 22.9. The third-order valence-corrected chi connectivity index (χ3v) is 6.23. The van der Waals surface area contributed by atoms with Crippen LogP contribution in [0.5, 0.6) is 0 Å². The van der Waals surface area contributed by atoms with Gasteiger partial charge in [-0.3, -0.25) is 15.0 Å². The zero-order valence-electron chi connectivity index (χ0n) is 17.9. The molecule has 2 aliphatic rings. The number of nitrogens with zero attached hydrogens (tertiary/aromatic N) is 1. The molecular formula is C21H27N3O6S. The Morgan fingerprint density at radius 3 is 2.74 bits per heavy atom. The third kappa shape index (κ3) is 4.49. The lowest BCUT2D eigenvalue weighted by atomic mass is 9.82. The van der Waals surface area contributed by atoms with Crippen molar-refractivity contribution in [2.24, 2.45) is 11.3 Å². The molecule has 31 heavy (non-hydrogen) atoms. The number of hydrogen-bond donors (Lipinski definition) is 3. The van der Waals surface area contributed by atoms with Gasteiger partial charge in [0.1, 0.15) is 5.70 Å². The predicted octanol–water partition coefficient (Wildman–Crippen LogP) is 1.86. The number of fused-ring (bicyclic) bond motifs is 1. The van der Waals surface area contributed by atoms with Gasteiger partial charge in [0.25, 0.3) is 0 Å². The molecule has 0 aliphatic carbocycles. The summed E-state index contributed by atoms with van der Waals surface area (Å²) in [6, 6.07) is 1.59. The van der Waals surface area contributed by atoms with Crippen LogP contribution in [0, 0.1) is 16.7 Å². The molecule has 0 bridgehead atoms. The Hall–Kier alpha value is -2.72. The first-order chi connectivity index (χ1) is 14.6. The molecule has 3 heterocycles. The lowest BCUT2D eigenvalue weighted by molar-refractivity contribution is -0.175. The zero-order valence-corrected chi connectivity index (χ0v) is 18.7. The standard InChI is InChI=1S/C21H27N3O6S/c1-11(25)16-15-6-14(12-5-13(31-8-12)7-23-9-22)17(24(15)18(16)26)19(27)29-10-30-20(28)21(2,3)4/h5,8-9,11,15-16,25H,6-7,10H2,1-4H3,(H2,22,23)/t11-,15-,16-/m1/s1. The molecule has 0 aromatic carbocycles. The highest BCUT2D eigenvalue weighted by atomic mass is 32.1. The molecule has 1 amide bonds. The van der Waals surface area contributed by atoms with E-state index in [0.29, 0.717) is 18.5 Å². The van der Waals surface area contributed by atoms with E-state index in [1.807, 2.05) is 11.4 Å². The van der Waals surface area contributed by atoms with Gasteiger partial charge in [0.15, 0.2) is 0 Å². The first-order valence-electron chi connectivity index (χ1n) is 9.95. The van der Waals surface area contributed by atoms with E-state index in [0.717, 1.165) is 16.8 Å². The summed E-state index contributed by atoms with van der Waals surface area (Å²) in [5.41, 5.74) is 0.844. The van der Waals surface area contributed by atoms with E-state index in [-0.39, 0.29) is 17.6 Å². The number of nitrogens with one attached hydrogen (secondary N) is 2. The summed E-state index contributed by atoms with van der Waals surface area (Å²) in [5.74, 6) is -2.15. The van der Waals surface area contributed by atoms with Gasteiger partial charge in [-0.15, -0.1) is 11.3 Å². The summed E-state index contributed by atoms with van der Waals surface area (Å²) < 4.78 is 10.2. The maximum atomic E-state index is 12.9. The van der Waals surface area contributed by atoms with Crippen LogP contribution in [-0.4, -0.2) is 53.1 Å². The van der Waals surface area contributed by atoms with E-state index in [1.54, 1.807) is 27.7 Å². The molecule has 0 radical (unpaired) electrons. The van der Waals surface area contributed by atoms with Gasteiger partial charge in [-0.05, 0) is 56.7 Å². The fourth-order valence-electron chi connectivity index (χ4n) is 3.72. The summed E-state index contributed by atoms with van der Waals surface area (Å²) in [5, 5.41) is 21.8. The molecular weight excluding hydrogens is 422 g/mol. The van der Waals surface area contributed by atoms with Gasteiger partial charge >= 0.3 is 11.9 Å². The van der Waals surface area contributed by atoms with Gasteiger partial charge in [-0.25, -0.2) is 4.79 Å². The molecule has 168 valence electrons. The number of hydrogen-bond acceptors (Lipinski definition) is 8. The molecule has 1 saturated heterocycles. The van der Waals surface area contributed by atoms with E-state index >= 15 is 0 Å². The maximum Gasteiger partial charge on any atom is 0.358 e. The topological polar surface area (TPSA) is 129 Å². The highest BCUT2D eigenvalue weighted by Crippen LogP contribution is 2.47. The summed E-state index contributed by atoms with van der Waals surface area (Å²) in [6.45, 7) is 6.57. The molecule has 10 heteroatoms. The summed E-state index contributed by atoms with van der Waals surface area (Å²) in [7, 11) is 0. The molecule has 1 aromatic heterocycles. The first kappa shape index (κ1) is 23.0. The largest absolute Gasteiger partial charge is 0.427 e. The minimum absolute atomic E-state index is 0.128. The van der Waals surface area contributed by atoms with Gasteiger partial charge in [-0.1, -0.05) is 0 Å². The van der Waals surface area contributed by atoms with Crippen LogP contribution < -0.4 is 5.32 Å². The number of β-lactam (4-membered cyclic amide) rings is 1. The third-order valence-electron chi connectivity index (χ3n) is 5.29. The predicted molar refractivity (Wildman–Crippen MR) is 114 cm³/mol. The number of carbonyl (C=O) groups excluding carboxylic acids is 3. The van der Waals surface area contributed by atoms with Gasteiger partial charge in [0.2, 0.25) is 12.7 Å². The molecule has 3 rings (SSSR count). The highest BCUT2D eigenvalue weighted by Gasteiger charge is 2.57. The summed E-state index contributed by atoms with van der Waals surface area (Å²) in [4.78, 5) is 39.8. The van der Waals surface area contributed by atoms with Crippen molar-refractivity contribution in [1.82, 2.24) is 10.2 Å². The van der Waals surface area contributed by atoms with Gasteiger partial charge in [0.05, 0.1) is 36.4 Å². The SMILES string of the molecule is C[C@@H](O)[C@H]1C(=O)N2C(C(=O)OCOC(=O)C(C)(C)C)=C(c3csc(CNC=N)c3)C[C@H]12. The highest BCUT2D eigenvalue weighted by molar-refractivity contribution is 7.10. The Kier molecular flexibility index (Phi) is 6.51. The number of ether oxygens (including phenoxy) is 2. The number of aliphatic hydroxyl groups is 1. The van der Waals surface area contributed by atoms with Crippen molar-refractivity contribution in [2.45, 2.75) is 52.8 Å². The molecule has 0 saturated carbocycles. The minimum atomic E-state index is -0.826. The Morgan fingerprint density at radius 1 is 1.42 bits per heavy atom. The Morgan fingerprint density at radius 2 is 2.13 bits per heavy atom. The smallest absolute Gasteiger partial charge is 0.358 e. The van der Waals surface area contributed by atoms with Crippen molar-refractivity contribution in [1.29, 1.82) is 5.41 Å². The van der Waals surface area contributed by atoms with E-state index in [1.165, 1.54) is 16.2 Å². The number of carbonyl (C=O) groups is 3. The molecule has 3 atom stereocenters. The van der Waals surface area contributed by atoms with Crippen LogP contribution in [0.2, 0.25) is 0 Å². The second-order valence-corrected chi connectivity index (χ2v) is 9.63. The van der Waals surface area contributed by atoms with Crippen molar-refractivity contribution in [3.63, 3.8) is 0 Å². The number of thiophene rings is 1. The van der Waals surface area contributed by atoms with E-state index in [4.69, 9.17) is 14.9 Å². The maximum absolute atomic E-state index is 12.9. The molecule has 9 nitrogen and oxygen atoms in total. The monoisotopic (exact) mass is 449 g/mol. The number of esters is 2. The van der Waals surface area contributed by atoms with Crippen LogP contribution >= 0.6 is 11.3 Å². The van der Waals surface area contributed by atoms with E-state index in [2.05, 4.69) is 5.32 Å². The average Bonchev–Trinajstić information content (AvgIpc) is 3.27. The Balaban J connectivity index is 1.82. The number of rotatable bonds is 8. The second kappa shape index (κ2) is 8.80. The van der Waals surface area contributed by atoms with Crippen LogP contribution in [-0.2, 0) is 30.4 Å². The van der Waals surface area contributed by atoms with Crippen LogP contribution in [0.25, 0.3) is 5.57 Å². The van der Waals surface area contributed by atoms with Gasteiger partial charge < -0.3 is 24.8 Å². The van der Waals surface area contributed by atoms with Crippen molar-refractivity contribution in [3.8, 4) is 0 Å². The average molecular weight is 450 g/mol. The van der Waals surface area contributed by atoms with Crippen LogP contribution in [0.15, 0.2) is 17.1 Å². The van der Waals surface area contributed by atoms with Crippen molar-refractivity contribution < 1.29 is 29.0 Å². The Bertz CT molecular complexity index is 930. The minimum Gasteiger partial charge on any atom is -0.427 e. The van der Waals surface area contributed by atoms with Crippen LogP contribution in [0.3, 0.4) is 0 Å². The number of aliphatic hydroxyl groups excluding tert-OH is 1. The molecule has 1 aromatic rings. The van der Waals surface area contributed by atoms with E-state index in [9.17, 15) is 19.5 Å². The fraction of sp³-hybridized carbons (Fsp3) is 0.524. The summed E-state index contributed by atoms with van der Waals surface area (Å²) in [6.07, 6.45) is 0.697. The molecule has 2 aliphatic heterocycles. The Labute approximate surface area is 184 Å². The second-order valence-electron chi connectivity index (χ2n) is 8.63. The lowest BCUT2D eigenvalue weighted by Gasteiger charge is -2.44. The van der Waals surface area contributed by atoms with Crippen LogP contribution in [0.4, 0.5) is 0 Å². The number of amides is 1. The quantitative estimate of drug-likeness (QED) is 0.182. The molecule has 0 unspecified atom stereocenters. The molecule has 1 fully saturated rings. The first-order valence-corrected chi connectivity index (χ1v) is 10.8. The van der Waals surface area contributed by atoms with Crippen LogP contribution in [0.1, 0.15) is 44.6 Å². The van der Waals surface area contributed by atoms with Crippen molar-refractivity contribution >= 4 is 41.1 Å². The summed E-state index contributed by atoms with van der Waals surface area (Å²) >= 11 is 1.47. The van der Waals surface area contributed by atoms with Crippen molar-refractivity contribution in [2.75, 3.05) is 6.79 Å².